The zero-order valence-corrected chi connectivity index (χ0v) is 51.3. The van der Waals surface area contributed by atoms with Gasteiger partial charge in [0.2, 0.25) is 0 Å². The summed E-state index contributed by atoms with van der Waals surface area (Å²) in [4.78, 5) is 25.0. The molecule has 20 rings (SSSR count). The third kappa shape index (κ3) is 8.87. The van der Waals surface area contributed by atoms with Crippen molar-refractivity contribution in [2.24, 2.45) is 0 Å². The van der Waals surface area contributed by atoms with E-state index in [9.17, 15) is 0 Å². The summed E-state index contributed by atoms with van der Waals surface area (Å²) in [5, 5.41) is 14.2. The van der Waals surface area contributed by atoms with Gasteiger partial charge in [-0.05, 0) is 96.1 Å². The van der Waals surface area contributed by atoms with Gasteiger partial charge in [0, 0.05) is 117 Å². The normalized spacial score (nSPS) is 11.8. The highest BCUT2D eigenvalue weighted by Crippen LogP contribution is 2.45. The van der Waals surface area contributed by atoms with Crippen LogP contribution in [0.5, 0.6) is 0 Å². The highest BCUT2D eigenvalue weighted by molar-refractivity contribution is 6.31. The number of benzene rings is 12. The molecule has 0 unspecified atom stereocenters. The maximum atomic E-state index is 5.20. The van der Waals surface area contributed by atoms with Crippen LogP contribution in [0, 0.1) is 0 Å². The van der Waals surface area contributed by atoms with Gasteiger partial charge in [-0.2, -0.15) is 0 Å². The molecule has 0 aliphatic heterocycles. The Labute approximate surface area is 545 Å². The Kier molecular flexibility index (Phi) is 12.4. The number of hydrogen-bond acceptors (Lipinski definition) is 5. The van der Waals surface area contributed by atoms with Crippen LogP contribution in [0.3, 0.4) is 0 Å². The molecule has 0 saturated heterocycles. The average molecular weight is 1210 g/mol. The largest absolute Gasteiger partial charge is 0.309 e. The van der Waals surface area contributed by atoms with Gasteiger partial charge in [0.15, 0.2) is 0 Å². The molecule has 8 heteroatoms. The molecule has 8 heterocycles. The molecular weight excluding hydrogens is 1160 g/mol. The highest BCUT2D eigenvalue weighted by Gasteiger charge is 2.22. The Morgan fingerprint density at radius 3 is 1.38 bits per heavy atom. The summed E-state index contributed by atoms with van der Waals surface area (Å²) in [6, 6.07) is 110. The van der Waals surface area contributed by atoms with Gasteiger partial charge >= 0.3 is 0 Å². The minimum Gasteiger partial charge on any atom is -0.309 e. The van der Waals surface area contributed by atoms with E-state index in [0.29, 0.717) is 0 Å². The fourth-order valence-corrected chi connectivity index (χ4v) is 14.6. The van der Waals surface area contributed by atoms with Crippen molar-refractivity contribution in [2.75, 3.05) is 0 Å². The van der Waals surface area contributed by atoms with Crippen LogP contribution in [0.25, 0.3) is 182 Å². The summed E-state index contributed by atoms with van der Waals surface area (Å²) >= 11 is 0. The molecule has 8 aromatic heterocycles. The van der Waals surface area contributed by atoms with E-state index >= 15 is 0 Å². The van der Waals surface area contributed by atoms with Gasteiger partial charge in [-0.3, -0.25) is 4.98 Å². The molecule has 0 bridgehead atoms. The molecule has 0 saturated carbocycles. The molecule has 0 N–H and O–H groups in total. The maximum Gasteiger partial charge on any atom is 0.137 e. The fraction of sp³-hybridized carbons (Fsp3) is 0. The topological polar surface area (TPSA) is 78.7 Å². The number of hydrogen-bond donors (Lipinski definition) is 0. The molecular formula is C87H54N8. The van der Waals surface area contributed by atoms with Crippen molar-refractivity contribution < 1.29 is 0 Å². The van der Waals surface area contributed by atoms with Crippen LogP contribution in [0.1, 0.15) is 0 Å². The van der Waals surface area contributed by atoms with Crippen molar-refractivity contribution in [3.63, 3.8) is 0 Å². The van der Waals surface area contributed by atoms with Crippen LogP contribution in [0.15, 0.2) is 328 Å². The van der Waals surface area contributed by atoms with E-state index in [1.165, 1.54) is 59.9 Å². The Morgan fingerprint density at radius 1 is 0.263 bits per heavy atom. The molecule has 0 amide bonds. The molecule has 0 aliphatic rings. The molecule has 20 aromatic rings. The summed E-state index contributed by atoms with van der Waals surface area (Å²) in [7, 11) is 0. The molecule has 12 aromatic carbocycles. The van der Waals surface area contributed by atoms with Crippen LogP contribution in [0.2, 0.25) is 0 Å². The zero-order chi connectivity index (χ0) is 62.5. The SMILES string of the molecule is c1ccc(-c2nc3ccccc3c3c2ccc2c3c3ccccc3n2-c2cccc(-c3ccc(-c4cn5ccccc5n4)cc3)c2)cc1.c1ccc(-c2nc3ccccc3c3c2ccc2c3c3ccccc3n2-c2cccc(-c3ccc4ccc5cccnc5c4n3)c2)cc1. The zero-order valence-electron chi connectivity index (χ0n) is 51.3. The van der Waals surface area contributed by atoms with Gasteiger partial charge in [-0.1, -0.05) is 224 Å². The first-order chi connectivity index (χ1) is 47.1. The highest BCUT2D eigenvalue weighted by atomic mass is 15.0. The van der Waals surface area contributed by atoms with Crippen LogP contribution < -0.4 is 0 Å². The van der Waals surface area contributed by atoms with Gasteiger partial charge in [-0.15, -0.1) is 0 Å². The number of rotatable bonds is 7. The number of nitrogens with zero attached hydrogens (tertiary/aromatic N) is 8. The number of fused-ring (bicyclic) bond motifs is 18. The van der Waals surface area contributed by atoms with Crippen molar-refractivity contribution in [2.45, 2.75) is 0 Å². The Balaban J connectivity index is 0.000000134. The predicted molar refractivity (Wildman–Crippen MR) is 394 cm³/mol. The van der Waals surface area contributed by atoms with Crippen molar-refractivity contribution in [3.05, 3.63) is 328 Å². The number of para-hydroxylation sites is 4. The lowest BCUT2D eigenvalue weighted by Crippen LogP contribution is -1.95. The molecule has 0 fully saturated rings. The molecule has 0 radical (unpaired) electrons. The van der Waals surface area contributed by atoms with Crippen LogP contribution in [-0.4, -0.2) is 38.5 Å². The quantitative estimate of drug-likeness (QED) is 0.149. The van der Waals surface area contributed by atoms with Crippen molar-refractivity contribution in [3.8, 4) is 67.5 Å². The number of aromatic nitrogens is 8. The van der Waals surface area contributed by atoms with E-state index in [4.69, 9.17) is 19.9 Å². The minimum absolute atomic E-state index is 0.920. The summed E-state index contributed by atoms with van der Waals surface area (Å²) in [6.07, 6.45) is 5.95. The van der Waals surface area contributed by atoms with Gasteiger partial charge in [0.05, 0.1) is 66.9 Å². The molecule has 0 aliphatic carbocycles. The second-order valence-electron chi connectivity index (χ2n) is 24.3. The van der Waals surface area contributed by atoms with Gasteiger partial charge in [-0.25, -0.2) is 19.9 Å². The third-order valence-corrected chi connectivity index (χ3v) is 18.9. The average Bonchev–Trinajstić information content (AvgIpc) is 1.64. The second kappa shape index (κ2) is 21.9. The fourth-order valence-electron chi connectivity index (χ4n) is 14.6. The predicted octanol–water partition coefficient (Wildman–Crippen LogP) is 22.0. The lowest BCUT2D eigenvalue weighted by molar-refractivity contribution is 1.18. The smallest absolute Gasteiger partial charge is 0.137 e. The first-order valence-electron chi connectivity index (χ1n) is 32.1. The number of imidazole rings is 1. The van der Waals surface area contributed by atoms with E-state index < -0.39 is 0 Å². The molecule has 0 atom stereocenters. The van der Waals surface area contributed by atoms with E-state index in [1.807, 2.05) is 36.7 Å². The van der Waals surface area contributed by atoms with Crippen molar-refractivity contribution >= 4 is 114 Å². The standard InChI is InChI=1S/C44H28N4.C43H26N4/c1-2-11-31(12-3-1)44-36-24-25-40-43(42(36)34-15-4-6-17-37(34)46-44)35-16-5-7-18-39(35)48(40)33-14-10-13-32(27-33)29-20-22-30(23-21-29)38-28-47-26-9-8-19-41(47)45-38;1-2-10-27(11-3-1)41-34-22-24-38-40(39(34)32-15-4-6-17-36(32)46-41)33-16-5-7-18-37(33)47(38)31-14-8-12-30(26-31)35-23-21-29-20-19-28-13-9-25-44-42(28)43(29)45-35/h1-28H;1-26H. The summed E-state index contributed by atoms with van der Waals surface area (Å²) < 4.78 is 6.86. The van der Waals surface area contributed by atoms with E-state index in [2.05, 4.69) is 310 Å². The molecule has 95 heavy (non-hydrogen) atoms. The Hall–Kier alpha value is -12.9. The Bertz CT molecular complexity index is 6430. The summed E-state index contributed by atoms with van der Waals surface area (Å²) in [5.41, 5.74) is 22.3. The maximum absolute atomic E-state index is 5.20. The molecule has 8 nitrogen and oxygen atoms in total. The molecule has 0 spiro atoms. The van der Waals surface area contributed by atoms with Gasteiger partial charge in [0.1, 0.15) is 5.65 Å². The third-order valence-electron chi connectivity index (χ3n) is 18.9. The monoisotopic (exact) mass is 1210 g/mol. The van der Waals surface area contributed by atoms with Crippen LogP contribution in [-0.2, 0) is 0 Å². The Morgan fingerprint density at radius 2 is 0.768 bits per heavy atom. The van der Waals surface area contributed by atoms with E-state index in [0.717, 1.165) is 122 Å². The first-order valence-corrected chi connectivity index (χ1v) is 32.1. The van der Waals surface area contributed by atoms with Crippen LogP contribution >= 0.6 is 0 Å². The lowest BCUT2D eigenvalue weighted by Gasteiger charge is -2.13. The second-order valence-corrected chi connectivity index (χ2v) is 24.3. The van der Waals surface area contributed by atoms with Gasteiger partial charge in [0.25, 0.3) is 0 Å². The number of pyridine rings is 5. The summed E-state index contributed by atoms with van der Waals surface area (Å²) in [6.45, 7) is 0. The van der Waals surface area contributed by atoms with Crippen molar-refractivity contribution in [1.29, 1.82) is 0 Å². The van der Waals surface area contributed by atoms with E-state index in [-0.39, 0.29) is 0 Å². The lowest BCUT2D eigenvalue weighted by atomic mass is 9.96. The van der Waals surface area contributed by atoms with E-state index in [1.54, 1.807) is 0 Å². The van der Waals surface area contributed by atoms with Gasteiger partial charge < -0.3 is 13.5 Å². The van der Waals surface area contributed by atoms with Crippen LogP contribution in [0.4, 0.5) is 0 Å². The molecule has 442 valence electrons. The first kappa shape index (κ1) is 53.9. The van der Waals surface area contributed by atoms with Crippen molar-refractivity contribution in [1.82, 2.24) is 38.5 Å². The summed E-state index contributed by atoms with van der Waals surface area (Å²) in [5.74, 6) is 0. The minimum atomic E-state index is 0.920.